The maximum atomic E-state index is 12.5. The second kappa shape index (κ2) is 7.41. The highest BCUT2D eigenvalue weighted by Gasteiger charge is 2.23. The summed E-state index contributed by atoms with van der Waals surface area (Å²) in [6, 6.07) is 4.95. The number of aliphatic hydroxyl groups excluding tert-OH is 1. The van der Waals surface area contributed by atoms with Crippen molar-refractivity contribution in [3.05, 3.63) is 29.3 Å². The van der Waals surface area contributed by atoms with Gasteiger partial charge in [0.05, 0.1) is 11.5 Å². The van der Waals surface area contributed by atoms with Gasteiger partial charge in [0.25, 0.3) is 0 Å². The predicted octanol–water partition coefficient (Wildman–Crippen LogP) is 0.606. The summed E-state index contributed by atoms with van der Waals surface area (Å²) in [6.45, 7) is 2.13. The minimum absolute atomic E-state index is 0.141. The van der Waals surface area contributed by atoms with Gasteiger partial charge in [0, 0.05) is 26.3 Å². The SMILES string of the molecule is COCCN(C)S(=O)(=O)c1ccc(C)cc1C#CCO. The Morgan fingerprint density at radius 3 is 2.70 bits per heavy atom. The first-order valence-corrected chi connectivity index (χ1v) is 7.53. The predicted molar refractivity (Wildman–Crippen MR) is 76.8 cm³/mol. The van der Waals surface area contributed by atoms with Crippen LogP contribution in [-0.4, -0.2) is 51.7 Å². The molecule has 0 atom stereocenters. The molecule has 0 aromatic heterocycles. The molecule has 0 aliphatic carbocycles. The number of aliphatic hydroxyl groups is 1. The van der Waals surface area contributed by atoms with Gasteiger partial charge in [-0.3, -0.25) is 0 Å². The molecule has 1 N–H and O–H groups in total. The summed E-state index contributed by atoms with van der Waals surface area (Å²) in [7, 11) is -0.604. The third kappa shape index (κ3) is 4.05. The molecule has 6 heteroatoms. The quantitative estimate of drug-likeness (QED) is 0.809. The van der Waals surface area contributed by atoms with Crippen LogP contribution in [0.1, 0.15) is 11.1 Å². The summed E-state index contributed by atoms with van der Waals surface area (Å²) in [5, 5.41) is 8.77. The van der Waals surface area contributed by atoms with Gasteiger partial charge in [-0.25, -0.2) is 8.42 Å². The number of ether oxygens (including phenoxy) is 1. The van der Waals surface area contributed by atoms with Crippen LogP contribution in [0.3, 0.4) is 0 Å². The molecule has 1 aromatic rings. The number of hydrogen-bond acceptors (Lipinski definition) is 4. The normalized spacial score (nSPS) is 11.2. The number of likely N-dealkylation sites (N-methyl/N-ethyl adjacent to an activating group) is 1. The lowest BCUT2D eigenvalue weighted by Gasteiger charge is -2.18. The number of rotatable bonds is 5. The van der Waals surface area contributed by atoms with Crippen LogP contribution in [0.25, 0.3) is 0 Å². The first-order valence-electron chi connectivity index (χ1n) is 6.09. The van der Waals surface area contributed by atoms with Crippen molar-refractivity contribution < 1.29 is 18.3 Å². The van der Waals surface area contributed by atoms with E-state index in [0.717, 1.165) is 5.56 Å². The minimum atomic E-state index is -3.62. The van der Waals surface area contributed by atoms with E-state index in [4.69, 9.17) is 9.84 Å². The Morgan fingerprint density at radius 1 is 1.40 bits per heavy atom. The first kappa shape index (κ1) is 16.7. The lowest BCUT2D eigenvalue weighted by molar-refractivity contribution is 0.185. The molecule has 20 heavy (non-hydrogen) atoms. The second-order valence-electron chi connectivity index (χ2n) is 4.28. The van der Waals surface area contributed by atoms with Crippen LogP contribution in [0.15, 0.2) is 23.1 Å². The molecular weight excluding hydrogens is 278 g/mol. The molecule has 0 aliphatic rings. The third-order valence-corrected chi connectivity index (χ3v) is 4.65. The number of benzene rings is 1. The van der Waals surface area contributed by atoms with Crippen LogP contribution >= 0.6 is 0 Å². The van der Waals surface area contributed by atoms with Crippen molar-refractivity contribution in [1.29, 1.82) is 0 Å². The topological polar surface area (TPSA) is 66.8 Å². The molecule has 0 heterocycles. The molecule has 0 unspecified atom stereocenters. The fraction of sp³-hybridized carbons (Fsp3) is 0.429. The molecule has 0 bridgehead atoms. The number of methoxy groups -OCH3 is 1. The molecule has 0 saturated heterocycles. The van der Waals surface area contributed by atoms with E-state index >= 15 is 0 Å². The smallest absolute Gasteiger partial charge is 0.244 e. The lowest BCUT2D eigenvalue weighted by Crippen LogP contribution is -2.30. The number of nitrogens with zero attached hydrogens (tertiary/aromatic N) is 1. The number of hydrogen-bond donors (Lipinski definition) is 1. The van der Waals surface area contributed by atoms with Crippen molar-refractivity contribution in [2.75, 3.05) is 33.9 Å². The van der Waals surface area contributed by atoms with Gasteiger partial charge in [-0.2, -0.15) is 4.31 Å². The van der Waals surface area contributed by atoms with Gasteiger partial charge in [0.1, 0.15) is 6.61 Å². The summed E-state index contributed by atoms with van der Waals surface area (Å²) >= 11 is 0. The molecule has 0 saturated carbocycles. The van der Waals surface area contributed by atoms with E-state index in [2.05, 4.69) is 11.8 Å². The van der Waals surface area contributed by atoms with Gasteiger partial charge >= 0.3 is 0 Å². The van der Waals surface area contributed by atoms with Crippen molar-refractivity contribution in [1.82, 2.24) is 4.31 Å². The second-order valence-corrected chi connectivity index (χ2v) is 6.29. The zero-order valence-electron chi connectivity index (χ0n) is 11.9. The Labute approximate surface area is 120 Å². The highest BCUT2D eigenvalue weighted by molar-refractivity contribution is 7.89. The van der Waals surface area contributed by atoms with Crippen LogP contribution in [0.4, 0.5) is 0 Å². The first-order chi connectivity index (χ1) is 9.43. The van der Waals surface area contributed by atoms with Crippen LogP contribution in [0.5, 0.6) is 0 Å². The van der Waals surface area contributed by atoms with Crippen LogP contribution in [0, 0.1) is 18.8 Å². The molecule has 110 valence electrons. The van der Waals surface area contributed by atoms with E-state index in [1.165, 1.54) is 24.5 Å². The average Bonchev–Trinajstić information content (AvgIpc) is 2.42. The molecule has 0 fully saturated rings. The van der Waals surface area contributed by atoms with Crippen molar-refractivity contribution >= 4 is 10.0 Å². The average molecular weight is 297 g/mol. The zero-order chi connectivity index (χ0) is 15.2. The summed E-state index contributed by atoms with van der Waals surface area (Å²) in [6.07, 6.45) is 0. The third-order valence-electron chi connectivity index (χ3n) is 2.74. The highest BCUT2D eigenvalue weighted by Crippen LogP contribution is 2.20. The van der Waals surface area contributed by atoms with E-state index in [0.29, 0.717) is 12.2 Å². The molecule has 0 radical (unpaired) electrons. The van der Waals surface area contributed by atoms with Crippen molar-refractivity contribution in [3.63, 3.8) is 0 Å². The maximum absolute atomic E-state index is 12.5. The fourth-order valence-electron chi connectivity index (χ4n) is 1.61. The van der Waals surface area contributed by atoms with Gasteiger partial charge in [-0.15, -0.1) is 0 Å². The van der Waals surface area contributed by atoms with E-state index in [-0.39, 0.29) is 18.0 Å². The summed E-state index contributed by atoms with van der Waals surface area (Å²) in [5.74, 6) is 5.17. The highest BCUT2D eigenvalue weighted by atomic mass is 32.2. The van der Waals surface area contributed by atoms with Crippen molar-refractivity contribution in [3.8, 4) is 11.8 Å². The maximum Gasteiger partial charge on any atom is 0.244 e. The van der Waals surface area contributed by atoms with E-state index in [1.54, 1.807) is 12.1 Å². The van der Waals surface area contributed by atoms with Crippen LogP contribution < -0.4 is 0 Å². The fourth-order valence-corrected chi connectivity index (χ4v) is 2.89. The van der Waals surface area contributed by atoms with Gasteiger partial charge in [-0.1, -0.05) is 17.9 Å². The van der Waals surface area contributed by atoms with Gasteiger partial charge in [0.2, 0.25) is 10.0 Å². The number of aryl methyl sites for hydroxylation is 1. The molecule has 1 aromatic carbocycles. The summed E-state index contributed by atoms with van der Waals surface area (Å²) < 4.78 is 31.1. The van der Waals surface area contributed by atoms with Gasteiger partial charge in [0.15, 0.2) is 0 Å². The zero-order valence-corrected chi connectivity index (χ0v) is 12.7. The van der Waals surface area contributed by atoms with Crippen LogP contribution in [-0.2, 0) is 14.8 Å². The van der Waals surface area contributed by atoms with E-state index in [1.807, 2.05) is 6.92 Å². The minimum Gasteiger partial charge on any atom is -0.384 e. The summed E-state index contributed by atoms with van der Waals surface area (Å²) in [4.78, 5) is 0.141. The molecule has 0 amide bonds. The van der Waals surface area contributed by atoms with E-state index < -0.39 is 10.0 Å². The Bertz CT molecular complexity index is 614. The lowest BCUT2D eigenvalue weighted by atomic mass is 10.1. The van der Waals surface area contributed by atoms with Gasteiger partial charge < -0.3 is 9.84 Å². The van der Waals surface area contributed by atoms with Crippen LogP contribution in [0.2, 0.25) is 0 Å². The Kier molecular flexibility index (Phi) is 6.17. The number of sulfonamides is 1. The Balaban J connectivity index is 3.23. The molecule has 5 nitrogen and oxygen atoms in total. The van der Waals surface area contributed by atoms with Gasteiger partial charge in [-0.05, 0) is 24.6 Å². The largest absolute Gasteiger partial charge is 0.384 e. The molecule has 0 aliphatic heterocycles. The molecule has 0 spiro atoms. The molecular formula is C14H19NO4S. The monoisotopic (exact) mass is 297 g/mol. The molecule has 1 rings (SSSR count). The summed E-state index contributed by atoms with van der Waals surface area (Å²) in [5.41, 5.74) is 1.30. The van der Waals surface area contributed by atoms with Crippen molar-refractivity contribution in [2.24, 2.45) is 0 Å². The van der Waals surface area contributed by atoms with Crippen molar-refractivity contribution in [2.45, 2.75) is 11.8 Å². The Morgan fingerprint density at radius 2 is 2.10 bits per heavy atom. The van der Waals surface area contributed by atoms with E-state index in [9.17, 15) is 8.42 Å². The standard InChI is InChI=1S/C14H19NO4S/c1-12-6-7-14(13(11-12)5-4-9-16)20(17,18)15(2)8-10-19-3/h6-7,11,16H,8-10H2,1-3H3. The Hall–Kier alpha value is -1.39.